The summed E-state index contributed by atoms with van der Waals surface area (Å²) < 4.78 is 0. The average molecular weight is 387 g/mol. The Morgan fingerprint density at radius 2 is 1.00 bits per heavy atom. The number of hydrogen-bond acceptors (Lipinski definition) is 2. The Morgan fingerprint density at radius 3 is 1.00 bits per heavy atom. The van der Waals surface area contributed by atoms with Crippen LogP contribution in [0.5, 0.6) is 0 Å². The Bertz CT molecular complexity index is 83.5. The van der Waals surface area contributed by atoms with E-state index in [0.717, 1.165) is 0 Å². The Kier molecular flexibility index (Phi) is 27.1. The number of rotatable bonds is 2. The van der Waals surface area contributed by atoms with Gasteiger partial charge in [0.15, 0.2) is 0 Å². The van der Waals surface area contributed by atoms with Crippen LogP contribution in [-0.4, -0.2) is 21.3 Å². The standard InChI is InChI=1S/2C3H7ClO.3ClH.Zr/c2*1-2-3(4)5;;;;/h2*3,5H,2H2,1H3;3*1H;/q;;;;;+3/p-3. The summed E-state index contributed by atoms with van der Waals surface area (Å²) in [6, 6.07) is 0. The van der Waals surface area contributed by atoms with Gasteiger partial charge in [-0.15, -0.1) is 0 Å². The summed E-state index contributed by atoms with van der Waals surface area (Å²) in [7, 11) is 15.0. The maximum absolute atomic E-state index is 8.13. The summed E-state index contributed by atoms with van der Waals surface area (Å²) in [5.74, 6) is 0. The van der Waals surface area contributed by atoms with E-state index in [0.29, 0.717) is 12.8 Å². The van der Waals surface area contributed by atoms with Gasteiger partial charge in [-0.05, 0) is 12.8 Å². The summed E-state index contributed by atoms with van der Waals surface area (Å²) >= 11 is 7.91. The molecule has 0 heterocycles. The quantitative estimate of drug-likeness (QED) is 0.705. The Labute approximate surface area is 114 Å². The second-order valence-electron chi connectivity index (χ2n) is 1.90. The van der Waals surface area contributed by atoms with Gasteiger partial charge in [0.25, 0.3) is 0 Å². The summed E-state index contributed by atoms with van der Waals surface area (Å²) in [6.07, 6.45) is 1.25. The normalized spacial score (nSPS) is 12.6. The predicted molar refractivity (Wildman–Crippen MR) is 61.9 cm³/mol. The summed E-state index contributed by atoms with van der Waals surface area (Å²) in [4.78, 5) is 0. The fraction of sp³-hybridized carbons (Fsp3) is 1.00. The van der Waals surface area contributed by atoms with Crippen molar-refractivity contribution in [2.75, 3.05) is 0 Å². The van der Waals surface area contributed by atoms with Crippen LogP contribution in [0.4, 0.5) is 0 Å². The molecule has 0 rings (SSSR count). The van der Waals surface area contributed by atoms with Crippen LogP contribution in [0.25, 0.3) is 0 Å². The molecule has 0 spiro atoms. The molecule has 2 unspecified atom stereocenters. The Hall–Kier alpha value is 2.25. The van der Waals surface area contributed by atoms with E-state index in [2.05, 4.69) is 0 Å². The third kappa shape index (κ3) is 64.0. The average Bonchev–Trinajstić information content (AvgIpc) is 2.04. The van der Waals surface area contributed by atoms with Gasteiger partial charge >= 0.3 is 43.7 Å². The molecule has 0 saturated carbocycles. The first-order valence-electron chi connectivity index (χ1n) is 3.75. The van der Waals surface area contributed by atoms with E-state index < -0.39 is 29.3 Å². The zero-order valence-electron chi connectivity index (χ0n) is 7.85. The molecule has 8 heteroatoms. The number of alkyl halides is 2. The van der Waals surface area contributed by atoms with Gasteiger partial charge < -0.3 is 10.2 Å². The van der Waals surface area contributed by atoms with Gasteiger partial charge in [-0.25, -0.2) is 0 Å². The summed E-state index contributed by atoms with van der Waals surface area (Å²) in [5.41, 5.74) is -1.29. The molecular weight excluding hydrogens is 373 g/mol. The number of halogens is 5. The van der Waals surface area contributed by atoms with Crippen molar-refractivity contribution in [2.45, 2.75) is 37.8 Å². The SMILES string of the molecule is CCC(O)Cl.CCC(O)Cl.[Cl][Zr]([Cl])[Cl]. The molecule has 0 aromatic rings. The molecule has 0 fully saturated rings. The number of aliphatic hydroxyl groups is 2. The van der Waals surface area contributed by atoms with Crippen LogP contribution < -0.4 is 0 Å². The van der Waals surface area contributed by atoms with Crippen LogP contribution in [-0.2, 0) is 18.2 Å². The molecule has 2 atom stereocenters. The van der Waals surface area contributed by atoms with Gasteiger partial charge in [-0.3, -0.25) is 0 Å². The van der Waals surface area contributed by atoms with Crippen molar-refractivity contribution < 1.29 is 28.4 Å². The fourth-order valence-corrected chi connectivity index (χ4v) is 0. The van der Waals surface area contributed by atoms with Crippen LogP contribution in [0.2, 0.25) is 0 Å². The van der Waals surface area contributed by atoms with E-state index in [1.807, 2.05) is 13.8 Å². The van der Waals surface area contributed by atoms with Crippen molar-refractivity contribution in [1.29, 1.82) is 0 Å². The van der Waals surface area contributed by atoms with E-state index in [4.69, 9.17) is 59.0 Å². The topological polar surface area (TPSA) is 40.5 Å². The molecular formula is C6H14Cl5O2Zr. The third-order valence-corrected chi connectivity index (χ3v) is 1.29. The Balaban J connectivity index is -0.000000131. The van der Waals surface area contributed by atoms with Gasteiger partial charge in [0.05, 0.1) is 0 Å². The second-order valence-corrected chi connectivity index (χ2v) is 14.1. The van der Waals surface area contributed by atoms with Crippen molar-refractivity contribution in [2.24, 2.45) is 0 Å². The van der Waals surface area contributed by atoms with Crippen molar-refractivity contribution in [3.63, 3.8) is 0 Å². The van der Waals surface area contributed by atoms with Crippen LogP contribution in [0.15, 0.2) is 0 Å². The molecule has 89 valence electrons. The molecule has 0 aromatic heterocycles. The minimum atomic E-state index is -2.13. The van der Waals surface area contributed by atoms with E-state index in [1.165, 1.54) is 0 Å². The second kappa shape index (κ2) is 17.6. The van der Waals surface area contributed by atoms with E-state index >= 15 is 0 Å². The molecule has 0 radical (unpaired) electrons. The molecule has 2 N–H and O–H groups in total. The zero-order valence-corrected chi connectivity index (χ0v) is 14.1. The first-order chi connectivity index (χ1) is 6.27. The van der Waals surface area contributed by atoms with E-state index in [9.17, 15) is 0 Å². The van der Waals surface area contributed by atoms with Crippen molar-refractivity contribution in [3.8, 4) is 0 Å². The maximum atomic E-state index is 8.13. The van der Waals surface area contributed by atoms with Gasteiger partial charge in [0.1, 0.15) is 11.1 Å². The molecule has 14 heavy (non-hydrogen) atoms. The molecule has 0 aliphatic carbocycles. The van der Waals surface area contributed by atoms with Crippen molar-refractivity contribution in [1.82, 2.24) is 0 Å². The van der Waals surface area contributed by atoms with Gasteiger partial charge in [-0.2, -0.15) is 0 Å². The number of hydrogen-bond donors (Lipinski definition) is 2. The summed E-state index contributed by atoms with van der Waals surface area (Å²) in [5, 5.41) is 16.3. The molecule has 0 aromatic carbocycles. The van der Waals surface area contributed by atoms with Crippen molar-refractivity contribution in [3.05, 3.63) is 0 Å². The van der Waals surface area contributed by atoms with Crippen LogP contribution >= 0.6 is 48.7 Å². The van der Waals surface area contributed by atoms with Crippen molar-refractivity contribution >= 4 is 48.7 Å². The first kappa shape index (κ1) is 21.5. The van der Waals surface area contributed by atoms with E-state index in [1.54, 1.807) is 0 Å². The van der Waals surface area contributed by atoms with Gasteiger partial charge in [0, 0.05) is 0 Å². The van der Waals surface area contributed by atoms with Gasteiger partial charge in [-0.1, -0.05) is 37.0 Å². The molecule has 0 bridgehead atoms. The third-order valence-electron chi connectivity index (χ3n) is 0.674. The fourth-order valence-electron chi connectivity index (χ4n) is 0. The van der Waals surface area contributed by atoms with Crippen LogP contribution in [0.1, 0.15) is 26.7 Å². The van der Waals surface area contributed by atoms with Gasteiger partial charge in [0.2, 0.25) is 0 Å². The summed E-state index contributed by atoms with van der Waals surface area (Å²) in [6.45, 7) is 3.63. The number of aliphatic hydroxyl groups excluding tert-OH is 2. The minimum absolute atomic E-state index is 0.627. The van der Waals surface area contributed by atoms with Crippen LogP contribution in [0, 0.1) is 0 Å². The molecule has 0 aliphatic heterocycles. The zero-order chi connectivity index (χ0) is 12.1. The van der Waals surface area contributed by atoms with Crippen LogP contribution in [0.3, 0.4) is 0 Å². The molecule has 0 amide bonds. The van der Waals surface area contributed by atoms with E-state index in [-0.39, 0.29) is 0 Å². The molecule has 0 aliphatic rings. The Morgan fingerprint density at radius 1 is 0.929 bits per heavy atom. The predicted octanol–water partition coefficient (Wildman–Crippen LogP) is 3.97. The molecule has 2 nitrogen and oxygen atoms in total. The first-order valence-corrected chi connectivity index (χ1v) is 14.1. The molecule has 0 saturated heterocycles. The monoisotopic (exact) mass is 383 g/mol.